The Hall–Kier alpha value is -4.22. The summed E-state index contributed by atoms with van der Waals surface area (Å²) in [6, 6.07) is 13.4. The zero-order chi connectivity index (χ0) is 30.7. The molecule has 1 amide bonds. The standard InChI is InChI=1S/C31H30ClF3N6O2/c1-4-28-36-14-11-25(38-28)22-6-5-13-37-30(22)43-21-8-9-24(32)26(17-21)39-29(42)23-16-19(31(33,34)35)7-10-27(23)41-15-12-20(18-41)40(2)3/h5-11,13-14,16-17,20H,4,12,15,18H2,1-3H3,(H,39,42)/t20-/m1/s1. The van der Waals surface area contributed by atoms with E-state index in [1.807, 2.05) is 32.0 Å². The summed E-state index contributed by atoms with van der Waals surface area (Å²) in [5, 5.41) is 2.88. The van der Waals surface area contributed by atoms with Gasteiger partial charge in [0.05, 0.1) is 33.1 Å². The second kappa shape index (κ2) is 12.6. The van der Waals surface area contributed by atoms with E-state index in [1.54, 1.807) is 30.6 Å². The highest BCUT2D eigenvalue weighted by atomic mass is 35.5. The first kappa shape index (κ1) is 30.2. The third kappa shape index (κ3) is 6.89. The second-order valence-corrected chi connectivity index (χ2v) is 10.8. The lowest BCUT2D eigenvalue weighted by atomic mass is 10.1. The minimum atomic E-state index is -4.61. The first-order valence-corrected chi connectivity index (χ1v) is 14.1. The van der Waals surface area contributed by atoms with Crippen LogP contribution in [0.15, 0.2) is 67.0 Å². The van der Waals surface area contributed by atoms with Crippen LogP contribution < -0.4 is 15.0 Å². The summed E-state index contributed by atoms with van der Waals surface area (Å²) in [5.74, 6) is 0.526. The lowest BCUT2D eigenvalue weighted by Gasteiger charge is -2.24. The minimum Gasteiger partial charge on any atom is -0.438 e. The molecule has 1 aliphatic heterocycles. The molecule has 1 saturated heterocycles. The minimum absolute atomic E-state index is 0.0980. The summed E-state index contributed by atoms with van der Waals surface area (Å²) < 4.78 is 47.0. The van der Waals surface area contributed by atoms with E-state index in [1.165, 1.54) is 18.2 Å². The molecular formula is C31H30ClF3N6O2. The second-order valence-electron chi connectivity index (χ2n) is 10.3. The Kier molecular flexibility index (Phi) is 8.84. The SMILES string of the molecule is CCc1nccc(-c2cccnc2Oc2ccc(Cl)c(NC(=O)c3cc(C(F)(F)F)ccc3N3CC[C@@H](N(C)C)C3)c2)n1. The van der Waals surface area contributed by atoms with Gasteiger partial charge >= 0.3 is 6.18 Å². The van der Waals surface area contributed by atoms with Gasteiger partial charge in [-0.1, -0.05) is 18.5 Å². The highest BCUT2D eigenvalue weighted by Gasteiger charge is 2.34. The van der Waals surface area contributed by atoms with Gasteiger partial charge < -0.3 is 19.9 Å². The largest absolute Gasteiger partial charge is 0.438 e. The number of nitrogens with zero attached hydrogens (tertiary/aromatic N) is 5. The highest BCUT2D eigenvalue weighted by molar-refractivity contribution is 6.34. The molecule has 8 nitrogen and oxygen atoms in total. The maximum Gasteiger partial charge on any atom is 0.416 e. The maximum absolute atomic E-state index is 13.7. The number of aromatic nitrogens is 3. The number of hydrogen-bond acceptors (Lipinski definition) is 7. The molecule has 0 aliphatic carbocycles. The zero-order valence-corrected chi connectivity index (χ0v) is 24.6. The number of rotatable bonds is 8. The fourth-order valence-electron chi connectivity index (χ4n) is 4.90. The predicted molar refractivity (Wildman–Crippen MR) is 160 cm³/mol. The first-order chi connectivity index (χ1) is 20.5. The molecule has 1 fully saturated rings. The lowest BCUT2D eigenvalue weighted by Crippen LogP contribution is -2.32. The number of carbonyl (C=O) groups is 1. The molecule has 1 atom stereocenters. The summed E-state index contributed by atoms with van der Waals surface area (Å²) in [7, 11) is 3.91. The number of anilines is 2. The number of alkyl halides is 3. The predicted octanol–water partition coefficient (Wildman–Crippen LogP) is 6.96. The molecular weight excluding hydrogens is 581 g/mol. The summed E-state index contributed by atoms with van der Waals surface area (Å²) in [5.41, 5.74) is 0.856. The van der Waals surface area contributed by atoms with Crippen LogP contribution in [0.1, 0.15) is 35.1 Å². The van der Waals surface area contributed by atoms with Crippen molar-refractivity contribution in [2.24, 2.45) is 0 Å². The van der Waals surface area contributed by atoms with Gasteiger partial charge in [0.2, 0.25) is 5.88 Å². The molecule has 3 heterocycles. The summed E-state index contributed by atoms with van der Waals surface area (Å²) in [6.07, 6.45) is 0.112. The smallest absolute Gasteiger partial charge is 0.416 e. The molecule has 224 valence electrons. The molecule has 4 aromatic rings. The van der Waals surface area contributed by atoms with Crippen LogP contribution >= 0.6 is 11.6 Å². The molecule has 2 aromatic carbocycles. The van der Waals surface area contributed by atoms with Crippen LogP contribution in [-0.2, 0) is 12.6 Å². The number of carbonyl (C=O) groups excluding carboxylic acids is 1. The van der Waals surface area contributed by atoms with Gasteiger partial charge in [0.25, 0.3) is 5.91 Å². The number of halogens is 4. The molecule has 2 aromatic heterocycles. The van der Waals surface area contributed by atoms with E-state index in [2.05, 4.69) is 25.2 Å². The van der Waals surface area contributed by atoms with E-state index in [9.17, 15) is 18.0 Å². The van der Waals surface area contributed by atoms with Gasteiger partial charge in [-0.25, -0.2) is 15.0 Å². The van der Waals surface area contributed by atoms with Crippen LogP contribution in [0.2, 0.25) is 5.02 Å². The van der Waals surface area contributed by atoms with Gasteiger partial charge in [-0.3, -0.25) is 4.79 Å². The zero-order valence-electron chi connectivity index (χ0n) is 23.8. The Morgan fingerprint density at radius 2 is 1.93 bits per heavy atom. The number of likely N-dealkylation sites (N-methyl/N-ethyl adjacent to an activating group) is 1. The number of amides is 1. The van der Waals surface area contributed by atoms with Crippen molar-refractivity contribution in [3.8, 4) is 22.9 Å². The molecule has 5 rings (SSSR count). The third-order valence-corrected chi connectivity index (χ3v) is 7.60. The Balaban J connectivity index is 1.44. The van der Waals surface area contributed by atoms with Crippen molar-refractivity contribution < 1.29 is 22.7 Å². The Morgan fingerprint density at radius 1 is 1.12 bits per heavy atom. The molecule has 1 N–H and O–H groups in total. The van der Waals surface area contributed by atoms with Crippen LogP contribution in [0.5, 0.6) is 11.6 Å². The molecule has 1 aliphatic rings. The molecule has 0 unspecified atom stereocenters. The number of pyridine rings is 1. The van der Waals surface area contributed by atoms with E-state index < -0.39 is 17.6 Å². The van der Waals surface area contributed by atoms with Crippen molar-refractivity contribution in [1.82, 2.24) is 19.9 Å². The summed E-state index contributed by atoms with van der Waals surface area (Å²) >= 11 is 6.42. The van der Waals surface area contributed by atoms with Crippen LogP contribution in [0.3, 0.4) is 0 Å². The summed E-state index contributed by atoms with van der Waals surface area (Å²) in [4.78, 5) is 30.7. The van der Waals surface area contributed by atoms with Gasteiger partial charge in [0.1, 0.15) is 11.6 Å². The van der Waals surface area contributed by atoms with Gasteiger partial charge in [-0.05, 0) is 69.0 Å². The van der Waals surface area contributed by atoms with Crippen molar-refractivity contribution in [1.29, 1.82) is 0 Å². The maximum atomic E-state index is 13.7. The first-order valence-electron chi connectivity index (χ1n) is 13.7. The normalized spacial score (nSPS) is 15.2. The van der Waals surface area contributed by atoms with Gasteiger partial charge in [-0.2, -0.15) is 13.2 Å². The third-order valence-electron chi connectivity index (χ3n) is 7.27. The average Bonchev–Trinajstić information content (AvgIpc) is 3.49. The van der Waals surface area contributed by atoms with Crippen molar-refractivity contribution >= 4 is 28.9 Å². The topological polar surface area (TPSA) is 83.5 Å². The Labute approximate surface area is 252 Å². The van der Waals surface area contributed by atoms with E-state index in [0.29, 0.717) is 48.0 Å². The fraction of sp³-hybridized carbons (Fsp3) is 0.290. The van der Waals surface area contributed by atoms with Crippen LogP contribution in [-0.4, -0.2) is 59.0 Å². The van der Waals surface area contributed by atoms with E-state index in [4.69, 9.17) is 16.3 Å². The van der Waals surface area contributed by atoms with Crippen molar-refractivity contribution in [2.45, 2.75) is 32.0 Å². The quantitative estimate of drug-likeness (QED) is 0.231. The number of nitrogens with one attached hydrogen (secondary N) is 1. The van der Waals surface area contributed by atoms with Crippen molar-refractivity contribution in [3.63, 3.8) is 0 Å². The van der Waals surface area contributed by atoms with Gasteiger partial charge in [0.15, 0.2) is 0 Å². The summed E-state index contributed by atoms with van der Waals surface area (Å²) in [6.45, 7) is 3.15. The fourth-order valence-corrected chi connectivity index (χ4v) is 5.07. The molecule has 43 heavy (non-hydrogen) atoms. The molecule has 0 radical (unpaired) electrons. The van der Waals surface area contributed by atoms with Gasteiger partial charge in [-0.15, -0.1) is 0 Å². The molecule has 0 spiro atoms. The molecule has 12 heteroatoms. The van der Waals surface area contributed by atoms with E-state index in [-0.39, 0.29) is 28.2 Å². The van der Waals surface area contributed by atoms with Gasteiger partial charge in [0, 0.05) is 49.7 Å². The Bertz CT molecular complexity index is 1630. The van der Waals surface area contributed by atoms with Crippen LogP contribution in [0.4, 0.5) is 24.5 Å². The van der Waals surface area contributed by atoms with E-state index in [0.717, 1.165) is 18.6 Å². The highest BCUT2D eigenvalue weighted by Crippen LogP contribution is 2.37. The average molecular weight is 611 g/mol. The lowest BCUT2D eigenvalue weighted by molar-refractivity contribution is -0.137. The van der Waals surface area contributed by atoms with Crippen LogP contribution in [0.25, 0.3) is 11.3 Å². The molecule has 0 bridgehead atoms. The van der Waals surface area contributed by atoms with Crippen molar-refractivity contribution in [2.75, 3.05) is 37.4 Å². The monoisotopic (exact) mass is 610 g/mol. The number of benzene rings is 2. The number of ether oxygens (including phenoxy) is 1. The number of aryl methyl sites for hydroxylation is 1. The van der Waals surface area contributed by atoms with E-state index >= 15 is 0 Å². The number of hydrogen-bond donors (Lipinski definition) is 1. The van der Waals surface area contributed by atoms with Crippen LogP contribution in [0, 0.1) is 0 Å². The van der Waals surface area contributed by atoms with Crippen molar-refractivity contribution in [3.05, 3.63) is 89.0 Å². The Morgan fingerprint density at radius 3 is 2.65 bits per heavy atom. The molecule has 0 saturated carbocycles.